The number of anilines is 2. The smallest absolute Gasteiger partial charge is 0.159 e. The minimum Gasteiger partial charge on any atom is -0.372 e. The summed E-state index contributed by atoms with van der Waals surface area (Å²) in [4.78, 5) is 10.8. The first-order valence-electron chi connectivity index (χ1n) is 9.10. The molecule has 2 heterocycles. The summed E-state index contributed by atoms with van der Waals surface area (Å²) in [5, 5.41) is 8.72. The Balaban J connectivity index is 1.68. The van der Waals surface area contributed by atoms with E-state index in [0.717, 1.165) is 30.0 Å². The zero-order valence-electron chi connectivity index (χ0n) is 16.2. The average molecular weight is 363 g/mol. The lowest BCUT2D eigenvalue weighted by atomic mass is 10.2. The summed E-state index contributed by atoms with van der Waals surface area (Å²) in [6, 6.07) is 12.2. The Labute approximate surface area is 159 Å². The van der Waals surface area contributed by atoms with Crippen LogP contribution in [0.1, 0.15) is 30.8 Å². The van der Waals surface area contributed by atoms with Crippen molar-refractivity contribution in [2.45, 2.75) is 27.7 Å². The first-order chi connectivity index (χ1) is 13.1. The maximum absolute atomic E-state index is 4.44. The molecule has 7 nitrogen and oxygen atoms in total. The van der Waals surface area contributed by atoms with Gasteiger partial charge in [-0.25, -0.2) is 14.6 Å². The predicted molar refractivity (Wildman–Crippen MR) is 110 cm³/mol. The van der Waals surface area contributed by atoms with Gasteiger partial charge in [0.25, 0.3) is 0 Å². The summed E-state index contributed by atoms with van der Waals surface area (Å²) in [5.74, 6) is 1.32. The normalized spacial score (nSPS) is 11.1. The predicted octanol–water partition coefficient (Wildman–Crippen LogP) is 3.57. The zero-order chi connectivity index (χ0) is 19.2. The molecule has 0 unspecified atom stereocenters. The number of hydrogen-bond donors (Lipinski definition) is 1. The number of aryl methyl sites for hydroxylation is 2. The van der Waals surface area contributed by atoms with Crippen LogP contribution in [0.2, 0.25) is 0 Å². The number of benzene rings is 1. The van der Waals surface area contributed by atoms with Crippen LogP contribution in [-0.2, 0) is 0 Å². The molecule has 0 fully saturated rings. The van der Waals surface area contributed by atoms with Crippen molar-refractivity contribution in [3.8, 4) is 5.82 Å². The summed E-state index contributed by atoms with van der Waals surface area (Å²) in [6.07, 6.45) is 3.28. The number of rotatable bonds is 7. The van der Waals surface area contributed by atoms with Crippen LogP contribution < -0.4 is 10.3 Å². The Kier molecular flexibility index (Phi) is 5.80. The van der Waals surface area contributed by atoms with Gasteiger partial charge in [0.2, 0.25) is 0 Å². The summed E-state index contributed by atoms with van der Waals surface area (Å²) in [6.45, 7) is 10.3. The van der Waals surface area contributed by atoms with Gasteiger partial charge in [-0.1, -0.05) is 12.1 Å². The first-order valence-corrected chi connectivity index (χ1v) is 9.10. The second-order valence-corrected chi connectivity index (χ2v) is 6.23. The first kappa shape index (κ1) is 18.6. The van der Waals surface area contributed by atoms with Crippen LogP contribution in [0.4, 0.5) is 11.5 Å². The van der Waals surface area contributed by atoms with E-state index in [0.29, 0.717) is 11.6 Å². The Bertz CT molecular complexity index is 908. The molecule has 0 aliphatic rings. The number of hydrazone groups is 1. The van der Waals surface area contributed by atoms with Crippen LogP contribution in [0.5, 0.6) is 0 Å². The topological polar surface area (TPSA) is 71.2 Å². The maximum Gasteiger partial charge on any atom is 0.159 e. The third-order valence-electron chi connectivity index (χ3n) is 4.29. The van der Waals surface area contributed by atoms with Crippen molar-refractivity contribution >= 4 is 17.7 Å². The molecule has 0 amide bonds. The molecule has 1 aromatic carbocycles. The second-order valence-electron chi connectivity index (χ2n) is 6.23. The molecule has 0 aliphatic carbocycles. The third kappa shape index (κ3) is 4.49. The van der Waals surface area contributed by atoms with E-state index in [2.05, 4.69) is 68.6 Å². The number of aromatic nitrogens is 4. The lowest BCUT2D eigenvalue weighted by Gasteiger charge is -2.20. The molecule has 0 bridgehead atoms. The summed E-state index contributed by atoms with van der Waals surface area (Å²) in [7, 11) is 0. The van der Waals surface area contributed by atoms with E-state index in [4.69, 9.17) is 0 Å². The van der Waals surface area contributed by atoms with E-state index < -0.39 is 0 Å². The van der Waals surface area contributed by atoms with Crippen LogP contribution in [0.25, 0.3) is 5.82 Å². The Morgan fingerprint density at radius 3 is 2.44 bits per heavy atom. The van der Waals surface area contributed by atoms with Crippen molar-refractivity contribution in [2.75, 3.05) is 23.4 Å². The van der Waals surface area contributed by atoms with E-state index in [-0.39, 0.29) is 0 Å². The highest BCUT2D eigenvalue weighted by Crippen LogP contribution is 2.15. The van der Waals surface area contributed by atoms with Gasteiger partial charge in [-0.15, -0.1) is 0 Å². The molecule has 0 radical (unpaired) electrons. The number of nitrogens with one attached hydrogen (secondary N) is 1. The average Bonchev–Trinajstić information content (AvgIpc) is 3.02. The SMILES string of the molecule is CCN(CC)c1ccc(/C=N\Nc2cc(-n3nc(C)cc3C)ncn2)cc1. The highest BCUT2D eigenvalue weighted by molar-refractivity contribution is 5.80. The molecule has 27 heavy (non-hydrogen) atoms. The van der Waals surface area contributed by atoms with Gasteiger partial charge in [0.15, 0.2) is 11.6 Å². The minimum absolute atomic E-state index is 0.614. The van der Waals surface area contributed by atoms with Crippen LogP contribution in [0, 0.1) is 13.8 Å². The lowest BCUT2D eigenvalue weighted by molar-refractivity contribution is 0.801. The van der Waals surface area contributed by atoms with Crippen LogP contribution >= 0.6 is 0 Å². The van der Waals surface area contributed by atoms with E-state index in [9.17, 15) is 0 Å². The van der Waals surface area contributed by atoms with Gasteiger partial charge < -0.3 is 4.90 Å². The van der Waals surface area contributed by atoms with Gasteiger partial charge in [0, 0.05) is 30.5 Å². The monoisotopic (exact) mass is 363 g/mol. The van der Waals surface area contributed by atoms with Crippen molar-refractivity contribution in [1.82, 2.24) is 19.7 Å². The highest BCUT2D eigenvalue weighted by atomic mass is 15.3. The molecule has 0 saturated carbocycles. The van der Waals surface area contributed by atoms with Crippen molar-refractivity contribution in [3.63, 3.8) is 0 Å². The zero-order valence-corrected chi connectivity index (χ0v) is 16.2. The van der Waals surface area contributed by atoms with Crippen LogP contribution in [0.3, 0.4) is 0 Å². The largest absolute Gasteiger partial charge is 0.372 e. The number of hydrogen-bond acceptors (Lipinski definition) is 6. The van der Waals surface area contributed by atoms with Gasteiger partial charge in [-0.3, -0.25) is 5.43 Å². The molecule has 0 saturated heterocycles. The fourth-order valence-corrected chi connectivity index (χ4v) is 2.92. The van der Waals surface area contributed by atoms with Gasteiger partial charge in [-0.2, -0.15) is 10.2 Å². The molecule has 7 heteroatoms. The van der Waals surface area contributed by atoms with Crippen molar-refractivity contribution in [2.24, 2.45) is 5.10 Å². The summed E-state index contributed by atoms with van der Waals surface area (Å²) in [5.41, 5.74) is 7.17. The fourth-order valence-electron chi connectivity index (χ4n) is 2.92. The summed E-state index contributed by atoms with van der Waals surface area (Å²) >= 11 is 0. The highest BCUT2D eigenvalue weighted by Gasteiger charge is 2.06. The maximum atomic E-state index is 4.44. The Hall–Kier alpha value is -3.22. The van der Waals surface area contributed by atoms with E-state index in [1.54, 1.807) is 10.9 Å². The Morgan fingerprint density at radius 2 is 1.81 bits per heavy atom. The molecule has 140 valence electrons. The molecule has 3 rings (SSSR count). The third-order valence-corrected chi connectivity index (χ3v) is 4.29. The standard InChI is InChI=1S/C20H25N7/c1-5-26(6-2)18-9-7-17(8-10-18)13-23-24-19-12-20(22-14-21-19)27-16(4)11-15(3)25-27/h7-14H,5-6H2,1-4H3,(H,21,22,24)/b23-13-. The van der Waals surface area contributed by atoms with Crippen LogP contribution in [0.15, 0.2) is 47.8 Å². The Morgan fingerprint density at radius 1 is 1.07 bits per heavy atom. The molecule has 1 N–H and O–H groups in total. The van der Waals surface area contributed by atoms with Gasteiger partial charge >= 0.3 is 0 Å². The molecule has 2 aromatic heterocycles. The van der Waals surface area contributed by atoms with Crippen molar-refractivity contribution in [1.29, 1.82) is 0 Å². The fraction of sp³-hybridized carbons (Fsp3) is 0.300. The van der Waals surface area contributed by atoms with E-state index >= 15 is 0 Å². The van der Waals surface area contributed by atoms with E-state index in [1.807, 2.05) is 26.0 Å². The lowest BCUT2D eigenvalue weighted by Crippen LogP contribution is -2.21. The van der Waals surface area contributed by atoms with Crippen molar-refractivity contribution in [3.05, 3.63) is 59.7 Å². The molecule has 3 aromatic rings. The second kappa shape index (κ2) is 8.44. The van der Waals surface area contributed by atoms with Crippen LogP contribution in [-0.4, -0.2) is 39.1 Å². The molecular formula is C20H25N7. The molecular weight excluding hydrogens is 338 g/mol. The molecule has 0 atom stereocenters. The number of nitrogens with zero attached hydrogens (tertiary/aromatic N) is 6. The minimum atomic E-state index is 0.614. The van der Waals surface area contributed by atoms with Gasteiger partial charge in [0.05, 0.1) is 11.9 Å². The quantitative estimate of drug-likeness (QED) is 0.513. The van der Waals surface area contributed by atoms with Crippen molar-refractivity contribution < 1.29 is 0 Å². The van der Waals surface area contributed by atoms with Gasteiger partial charge in [-0.05, 0) is 51.5 Å². The molecule has 0 aliphatic heterocycles. The van der Waals surface area contributed by atoms with Gasteiger partial charge in [0.1, 0.15) is 6.33 Å². The van der Waals surface area contributed by atoms with E-state index in [1.165, 1.54) is 12.0 Å². The summed E-state index contributed by atoms with van der Waals surface area (Å²) < 4.78 is 1.79. The molecule has 0 spiro atoms.